The molecule has 0 N–H and O–H groups in total. The fraction of sp³-hybridized carbons (Fsp3) is 0.643. The van der Waals surface area contributed by atoms with Gasteiger partial charge in [0.1, 0.15) is 37.1 Å². The van der Waals surface area contributed by atoms with E-state index in [1.54, 1.807) is 38.2 Å². The second kappa shape index (κ2) is 13.3. The predicted molar refractivity (Wildman–Crippen MR) is 151 cm³/mol. The average Bonchev–Trinajstić information content (AvgIpc) is 3.65. The van der Waals surface area contributed by atoms with E-state index in [4.69, 9.17) is 38.1 Å². The van der Waals surface area contributed by atoms with Gasteiger partial charge in [0.15, 0.2) is 11.9 Å². The van der Waals surface area contributed by atoms with Crippen LogP contribution in [0.4, 0.5) is 5.95 Å². The number of amides is 1. The Labute approximate surface area is 245 Å². The van der Waals surface area contributed by atoms with Gasteiger partial charge < -0.3 is 47.5 Å². The molecule has 0 bridgehead atoms. The van der Waals surface area contributed by atoms with Gasteiger partial charge in [0.2, 0.25) is 17.7 Å². The fourth-order valence-electron chi connectivity index (χ4n) is 5.66. The van der Waals surface area contributed by atoms with Gasteiger partial charge in [-0.25, -0.2) is 0 Å². The lowest BCUT2D eigenvalue weighted by molar-refractivity contribution is -0.148. The third-order valence-corrected chi connectivity index (χ3v) is 7.66. The molecule has 0 saturated carbocycles. The first-order chi connectivity index (χ1) is 20.1. The Hall–Kier alpha value is -3.30. The van der Waals surface area contributed by atoms with Crippen LogP contribution in [0.2, 0.25) is 0 Å². The zero-order valence-corrected chi connectivity index (χ0v) is 25.6. The third kappa shape index (κ3) is 5.95. The van der Waals surface area contributed by atoms with Crippen LogP contribution in [0.3, 0.4) is 0 Å². The Morgan fingerprint density at radius 2 is 1.64 bits per heavy atom. The third-order valence-electron chi connectivity index (χ3n) is 7.66. The number of ether oxygens (including phenoxy) is 7. The largest absolute Gasteiger partial charge is 0.480 e. The lowest BCUT2D eigenvalue weighted by atomic mass is 10.1. The van der Waals surface area contributed by atoms with Gasteiger partial charge in [0.25, 0.3) is 0 Å². The zero-order chi connectivity index (χ0) is 30.7. The van der Waals surface area contributed by atoms with Crippen LogP contribution in [0.15, 0.2) is 18.3 Å². The summed E-state index contributed by atoms with van der Waals surface area (Å²) in [5.41, 5.74) is 1.24. The van der Waals surface area contributed by atoms with Gasteiger partial charge in [0.05, 0.1) is 18.5 Å². The van der Waals surface area contributed by atoms with Crippen LogP contribution in [-0.4, -0.2) is 124 Å². The predicted octanol–water partition coefficient (Wildman–Crippen LogP) is 1.31. The quantitative estimate of drug-likeness (QED) is 0.260. The summed E-state index contributed by atoms with van der Waals surface area (Å²) < 4.78 is 42.1. The Morgan fingerprint density at radius 3 is 2.19 bits per heavy atom. The number of nitrogens with zero attached hydrogens (tertiary/aromatic N) is 5. The molecule has 2 aliphatic rings. The molecule has 2 aromatic heterocycles. The molecule has 7 atom stereocenters. The van der Waals surface area contributed by atoms with Crippen LogP contribution >= 0.6 is 0 Å². The number of hydrogen-bond donors (Lipinski definition) is 0. The minimum Gasteiger partial charge on any atom is -0.480 e. The van der Waals surface area contributed by atoms with Gasteiger partial charge in [-0.2, -0.15) is 9.97 Å². The normalized spacial score (nSPS) is 27.0. The zero-order valence-electron chi connectivity index (χ0n) is 25.6. The van der Waals surface area contributed by atoms with Gasteiger partial charge in [-0.15, -0.1) is 0 Å². The van der Waals surface area contributed by atoms with Crippen LogP contribution in [0, 0.1) is 0 Å². The molecular weight excluding hydrogens is 550 g/mol. The minimum absolute atomic E-state index is 0.0112. The highest BCUT2D eigenvalue weighted by atomic mass is 16.6. The molecule has 0 unspecified atom stereocenters. The van der Waals surface area contributed by atoms with E-state index in [0.717, 1.165) is 5.56 Å². The number of carbonyl (C=O) groups excluding carboxylic acids is 2. The van der Waals surface area contributed by atoms with Crippen LogP contribution in [0.25, 0.3) is 11.0 Å². The lowest BCUT2D eigenvalue weighted by Crippen LogP contribution is -2.47. The van der Waals surface area contributed by atoms with Gasteiger partial charge in [-0.05, 0) is 0 Å². The Kier molecular flexibility index (Phi) is 10.0. The number of methoxy groups -OCH3 is 5. The Morgan fingerprint density at radius 1 is 0.952 bits per heavy atom. The number of hydrogen-bond acceptors (Lipinski definition) is 12. The van der Waals surface area contributed by atoms with Crippen molar-refractivity contribution in [3.05, 3.63) is 23.9 Å². The molecular formula is C28H41N5O9. The number of rotatable bonds is 12. The van der Waals surface area contributed by atoms with E-state index in [0.29, 0.717) is 22.9 Å². The molecule has 232 valence electrons. The van der Waals surface area contributed by atoms with Crippen molar-refractivity contribution in [2.75, 3.05) is 61.2 Å². The lowest BCUT2D eigenvalue weighted by Gasteiger charge is -2.32. The van der Waals surface area contributed by atoms with Gasteiger partial charge in [-0.3, -0.25) is 9.59 Å². The van der Waals surface area contributed by atoms with Crippen LogP contribution < -0.4 is 9.64 Å². The molecule has 0 radical (unpaired) electrons. The topological polar surface area (TPSA) is 136 Å². The van der Waals surface area contributed by atoms with Crippen molar-refractivity contribution in [2.24, 2.45) is 0 Å². The summed E-state index contributed by atoms with van der Waals surface area (Å²) in [5, 5.41) is 0.615. The monoisotopic (exact) mass is 591 g/mol. The summed E-state index contributed by atoms with van der Waals surface area (Å²) in [5.74, 6) is 0.180. The van der Waals surface area contributed by atoms with E-state index in [1.165, 1.54) is 21.0 Å². The van der Waals surface area contributed by atoms with Gasteiger partial charge in [0, 0.05) is 74.7 Å². The molecule has 14 nitrogen and oxygen atoms in total. The first kappa shape index (κ1) is 31.6. The van der Waals surface area contributed by atoms with Crippen molar-refractivity contribution < 1.29 is 42.7 Å². The van der Waals surface area contributed by atoms with Crippen LogP contribution in [0.5, 0.6) is 5.88 Å². The minimum atomic E-state index is -0.715. The van der Waals surface area contributed by atoms with Gasteiger partial charge >= 0.3 is 5.97 Å². The maximum atomic E-state index is 13.1. The van der Waals surface area contributed by atoms with Crippen molar-refractivity contribution >= 4 is 28.9 Å². The van der Waals surface area contributed by atoms with Crippen LogP contribution in [0.1, 0.15) is 25.6 Å². The van der Waals surface area contributed by atoms with E-state index in [9.17, 15) is 9.59 Å². The second-order valence-corrected chi connectivity index (χ2v) is 10.4. The summed E-state index contributed by atoms with van der Waals surface area (Å²) in [7, 11) is 11.5. The van der Waals surface area contributed by atoms with E-state index < -0.39 is 30.5 Å². The molecule has 1 aliphatic carbocycles. The maximum Gasteiger partial charge on any atom is 0.302 e. The van der Waals surface area contributed by atoms with E-state index in [-0.39, 0.29) is 37.3 Å². The molecule has 1 saturated heterocycles. The highest BCUT2D eigenvalue weighted by molar-refractivity contribution is 5.87. The molecule has 4 rings (SSSR count). The summed E-state index contributed by atoms with van der Waals surface area (Å²) in [6, 6.07) is -0.371. The SMILES string of the molecule is COc1nc(N(C)C)nc2c1c(CN(C(C)=O)[C@@H]1C=C[C@H](OC)[C@H]1OC)cn2[C@@H]1O[C@H](COC(C)=O)[C@@H](OC)[C@H]1OC. The van der Waals surface area contributed by atoms with E-state index >= 15 is 0 Å². The fourth-order valence-corrected chi connectivity index (χ4v) is 5.66. The maximum absolute atomic E-state index is 13.1. The molecule has 0 spiro atoms. The molecule has 14 heteroatoms. The first-order valence-corrected chi connectivity index (χ1v) is 13.6. The molecule has 3 heterocycles. The van der Waals surface area contributed by atoms with Crippen molar-refractivity contribution in [3.63, 3.8) is 0 Å². The van der Waals surface area contributed by atoms with E-state index in [2.05, 4.69) is 4.98 Å². The van der Waals surface area contributed by atoms with E-state index in [1.807, 2.05) is 37.0 Å². The number of fused-ring (bicyclic) bond motifs is 1. The summed E-state index contributed by atoms with van der Waals surface area (Å²) >= 11 is 0. The molecule has 42 heavy (non-hydrogen) atoms. The van der Waals surface area contributed by atoms with Crippen molar-refractivity contribution in [1.82, 2.24) is 19.4 Å². The second-order valence-electron chi connectivity index (χ2n) is 10.4. The molecule has 2 aromatic rings. The van der Waals surface area contributed by atoms with Crippen LogP contribution in [-0.2, 0) is 44.6 Å². The number of anilines is 1. The van der Waals surface area contributed by atoms with Crippen molar-refractivity contribution in [1.29, 1.82) is 0 Å². The smallest absolute Gasteiger partial charge is 0.302 e. The average molecular weight is 592 g/mol. The highest BCUT2D eigenvalue weighted by Gasteiger charge is 2.48. The number of carbonyl (C=O) groups is 2. The molecule has 0 aromatic carbocycles. The van der Waals surface area contributed by atoms with Crippen molar-refractivity contribution in [3.8, 4) is 5.88 Å². The standard InChI is InChI=1S/C28H41N5O9/c1-15(34)32(18-10-11-19(36-5)22(18)37-6)12-17-13-33(25-21(17)26(40-9)30-28(29-25)31(3)4)27-24(39-8)23(38-7)20(42-27)14-41-16(2)35/h10-11,13,18-20,22-24,27H,12,14H2,1-9H3/t18-,19+,20-,22+,23-,24-,27-/m1/s1. The Balaban J connectivity index is 1.84. The molecule has 1 amide bonds. The number of esters is 1. The first-order valence-electron chi connectivity index (χ1n) is 13.6. The molecule has 1 aliphatic heterocycles. The van der Waals surface area contributed by atoms with Gasteiger partial charge in [-0.1, -0.05) is 12.2 Å². The van der Waals surface area contributed by atoms with Crippen molar-refractivity contribution in [2.45, 2.75) is 63.2 Å². The highest BCUT2D eigenvalue weighted by Crippen LogP contribution is 2.39. The summed E-state index contributed by atoms with van der Waals surface area (Å²) in [4.78, 5) is 37.6. The Bertz CT molecular complexity index is 1300. The summed E-state index contributed by atoms with van der Waals surface area (Å²) in [6.07, 6.45) is 2.57. The summed E-state index contributed by atoms with van der Waals surface area (Å²) in [6.45, 7) is 3.04. The molecule has 1 fully saturated rings. The number of aromatic nitrogens is 3.